The Morgan fingerprint density at radius 1 is 1.23 bits per heavy atom. The Morgan fingerprint density at radius 2 is 2.12 bits per heavy atom. The molecule has 0 aliphatic carbocycles. The van der Waals surface area contributed by atoms with E-state index in [4.69, 9.17) is 4.74 Å². The molecule has 3 aromatic rings. The van der Waals surface area contributed by atoms with E-state index in [-0.39, 0.29) is 11.7 Å². The molecule has 3 rings (SSSR count). The summed E-state index contributed by atoms with van der Waals surface area (Å²) in [5, 5.41) is 9.79. The Balaban J connectivity index is 1.66. The first kappa shape index (κ1) is 17.7. The van der Waals surface area contributed by atoms with Crippen LogP contribution in [-0.2, 0) is 11.3 Å². The van der Waals surface area contributed by atoms with Gasteiger partial charge in [0.2, 0.25) is 0 Å². The summed E-state index contributed by atoms with van der Waals surface area (Å²) in [6, 6.07) is 12.4. The van der Waals surface area contributed by atoms with Crippen molar-refractivity contribution in [2.45, 2.75) is 13.5 Å². The van der Waals surface area contributed by atoms with Gasteiger partial charge in [0, 0.05) is 25.0 Å². The lowest BCUT2D eigenvalue weighted by Crippen LogP contribution is -2.31. The largest absolute Gasteiger partial charge is 0.380 e. The first-order valence-electron chi connectivity index (χ1n) is 8.43. The third-order valence-electron chi connectivity index (χ3n) is 3.74. The van der Waals surface area contributed by atoms with E-state index < -0.39 is 0 Å². The van der Waals surface area contributed by atoms with Crippen molar-refractivity contribution in [1.82, 2.24) is 19.5 Å². The van der Waals surface area contributed by atoms with Crippen LogP contribution < -0.4 is 16.3 Å². The van der Waals surface area contributed by atoms with Crippen LogP contribution in [0.15, 0.2) is 53.5 Å². The molecule has 0 atom stereocenters. The molecule has 2 N–H and O–H groups in total. The maximum Gasteiger partial charge on any atom is 0.350 e. The summed E-state index contributed by atoms with van der Waals surface area (Å²) >= 11 is 0. The number of carbonyl (C=O) groups excluding carboxylic acids is 1. The SMILES string of the molecule is CCOCCNC(=O)Nc1cccc(Cn2nc3ccccn3c2=O)c1. The molecule has 0 aliphatic rings. The second-order valence-corrected chi connectivity index (χ2v) is 5.65. The van der Waals surface area contributed by atoms with E-state index in [9.17, 15) is 9.59 Å². The van der Waals surface area contributed by atoms with Gasteiger partial charge in [-0.3, -0.25) is 4.40 Å². The van der Waals surface area contributed by atoms with Crippen molar-refractivity contribution >= 4 is 17.4 Å². The Kier molecular flexibility index (Phi) is 5.65. The predicted molar refractivity (Wildman–Crippen MR) is 98.5 cm³/mol. The fraction of sp³-hybridized carbons (Fsp3) is 0.278. The van der Waals surface area contributed by atoms with Crippen LogP contribution in [-0.4, -0.2) is 40.0 Å². The fourth-order valence-corrected chi connectivity index (χ4v) is 2.55. The lowest BCUT2D eigenvalue weighted by Gasteiger charge is -2.09. The smallest absolute Gasteiger partial charge is 0.350 e. The summed E-state index contributed by atoms with van der Waals surface area (Å²) < 4.78 is 8.07. The van der Waals surface area contributed by atoms with Gasteiger partial charge < -0.3 is 15.4 Å². The number of urea groups is 1. The molecule has 0 saturated heterocycles. The van der Waals surface area contributed by atoms with E-state index in [1.54, 1.807) is 24.4 Å². The zero-order valence-corrected chi connectivity index (χ0v) is 14.5. The van der Waals surface area contributed by atoms with Gasteiger partial charge in [-0.15, -0.1) is 5.10 Å². The number of rotatable bonds is 7. The van der Waals surface area contributed by atoms with Gasteiger partial charge in [0.15, 0.2) is 5.65 Å². The van der Waals surface area contributed by atoms with Gasteiger partial charge in [0.25, 0.3) is 0 Å². The van der Waals surface area contributed by atoms with Crippen molar-refractivity contribution in [2.24, 2.45) is 0 Å². The molecular formula is C18H21N5O3. The number of aromatic nitrogens is 3. The van der Waals surface area contributed by atoms with Crippen molar-refractivity contribution in [2.75, 3.05) is 25.1 Å². The molecule has 0 radical (unpaired) electrons. The number of benzene rings is 1. The van der Waals surface area contributed by atoms with E-state index in [2.05, 4.69) is 15.7 Å². The molecule has 0 aliphatic heterocycles. The minimum absolute atomic E-state index is 0.201. The second kappa shape index (κ2) is 8.30. The Hall–Kier alpha value is -3.13. The quantitative estimate of drug-likeness (QED) is 0.631. The van der Waals surface area contributed by atoms with Gasteiger partial charge >= 0.3 is 11.7 Å². The Morgan fingerprint density at radius 3 is 2.92 bits per heavy atom. The van der Waals surface area contributed by atoms with Gasteiger partial charge in [0.1, 0.15) is 0 Å². The van der Waals surface area contributed by atoms with E-state index in [0.29, 0.717) is 37.6 Å². The van der Waals surface area contributed by atoms with Crippen LogP contribution in [0.1, 0.15) is 12.5 Å². The molecule has 0 saturated carbocycles. The molecular weight excluding hydrogens is 334 g/mol. The molecule has 2 heterocycles. The zero-order valence-electron chi connectivity index (χ0n) is 14.5. The number of hydrogen-bond acceptors (Lipinski definition) is 4. The van der Waals surface area contributed by atoms with Crippen LogP contribution in [0.5, 0.6) is 0 Å². The summed E-state index contributed by atoms with van der Waals surface area (Å²) in [7, 11) is 0. The van der Waals surface area contributed by atoms with Crippen molar-refractivity contribution in [3.8, 4) is 0 Å². The third kappa shape index (κ3) is 4.28. The van der Waals surface area contributed by atoms with Gasteiger partial charge in [-0.2, -0.15) is 0 Å². The number of ether oxygens (including phenoxy) is 1. The average molecular weight is 355 g/mol. The maximum atomic E-state index is 12.3. The van der Waals surface area contributed by atoms with Crippen LogP contribution in [0.25, 0.3) is 5.65 Å². The number of nitrogens with zero attached hydrogens (tertiary/aromatic N) is 3. The monoisotopic (exact) mass is 355 g/mol. The second-order valence-electron chi connectivity index (χ2n) is 5.65. The van der Waals surface area contributed by atoms with Crippen LogP contribution in [0.3, 0.4) is 0 Å². The molecule has 0 fully saturated rings. The number of nitrogens with one attached hydrogen (secondary N) is 2. The summed E-state index contributed by atoms with van der Waals surface area (Å²) in [6.45, 7) is 3.76. The van der Waals surface area contributed by atoms with Crippen molar-refractivity contribution in [1.29, 1.82) is 0 Å². The highest BCUT2D eigenvalue weighted by Crippen LogP contribution is 2.11. The molecule has 1 aromatic carbocycles. The number of amides is 2. The molecule has 26 heavy (non-hydrogen) atoms. The number of fused-ring (bicyclic) bond motifs is 1. The first-order valence-corrected chi connectivity index (χ1v) is 8.43. The molecule has 0 spiro atoms. The molecule has 136 valence electrons. The highest BCUT2D eigenvalue weighted by molar-refractivity contribution is 5.89. The number of pyridine rings is 1. The number of carbonyl (C=O) groups is 1. The summed E-state index contributed by atoms with van der Waals surface area (Å²) in [5.74, 6) is 0. The molecule has 0 unspecified atom stereocenters. The van der Waals surface area contributed by atoms with E-state index in [0.717, 1.165) is 5.56 Å². The number of anilines is 1. The topological polar surface area (TPSA) is 89.7 Å². The minimum atomic E-state index is -0.299. The Labute approximate surface area is 150 Å². The van der Waals surface area contributed by atoms with Crippen LogP contribution in [0.4, 0.5) is 10.5 Å². The fourth-order valence-electron chi connectivity index (χ4n) is 2.55. The zero-order chi connectivity index (χ0) is 18.4. The lowest BCUT2D eigenvalue weighted by atomic mass is 10.2. The summed E-state index contributed by atoms with van der Waals surface area (Å²) in [6.07, 6.45) is 1.69. The third-order valence-corrected chi connectivity index (χ3v) is 3.74. The van der Waals surface area contributed by atoms with Crippen molar-refractivity contribution in [3.05, 3.63) is 64.7 Å². The van der Waals surface area contributed by atoms with E-state index in [1.165, 1.54) is 9.08 Å². The molecule has 0 bridgehead atoms. The van der Waals surface area contributed by atoms with Crippen molar-refractivity contribution in [3.63, 3.8) is 0 Å². The highest BCUT2D eigenvalue weighted by Gasteiger charge is 2.07. The molecule has 2 amide bonds. The van der Waals surface area contributed by atoms with Crippen LogP contribution >= 0.6 is 0 Å². The highest BCUT2D eigenvalue weighted by atomic mass is 16.5. The normalized spacial score (nSPS) is 10.8. The van der Waals surface area contributed by atoms with Gasteiger partial charge in [-0.25, -0.2) is 14.3 Å². The standard InChI is InChI=1S/C18H21N5O3/c1-2-26-11-9-19-17(24)20-15-7-5-6-14(12-15)13-23-18(25)22-10-4-3-8-16(22)21-23/h3-8,10,12H,2,9,11,13H2,1H3,(H2,19,20,24). The maximum absolute atomic E-state index is 12.3. The molecule has 8 nitrogen and oxygen atoms in total. The molecule has 8 heteroatoms. The van der Waals surface area contributed by atoms with Gasteiger partial charge in [-0.05, 0) is 36.8 Å². The molecule has 2 aromatic heterocycles. The van der Waals surface area contributed by atoms with Gasteiger partial charge in [-0.1, -0.05) is 18.2 Å². The van der Waals surface area contributed by atoms with E-state index in [1.807, 2.05) is 31.2 Å². The minimum Gasteiger partial charge on any atom is -0.380 e. The van der Waals surface area contributed by atoms with Crippen molar-refractivity contribution < 1.29 is 9.53 Å². The van der Waals surface area contributed by atoms with E-state index >= 15 is 0 Å². The van der Waals surface area contributed by atoms with Crippen LogP contribution in [0, 0.1) is 0 Å². The predicted octanol–water partition coefficient (Wildman–Crippen LogP) is 1.70. The van der Waals surface area contributed by atoms with Gasteiger partial charge in [0.05, 0.1) is 13.2 Å². The Bertz CT molecular complexity index is 947. The first-order chi connectivity index (χ1) is 12.7. The van der Waals surface area contributed by atoms with Crippen LogP contribution in [0.2, 0.25) is 0 Å². The average Bonchev–Trinajstić information content (AvgIpc) is 2.95. The number of hydrogen-bond donors (Lipinski definition) is 2. The lowest BCUT2D eigenvalue weighted by molar-refractivity contribution is 0.150. The summed E-state index contributed by atoms with van der Waals surface area (Å²) in [4.78, 5) is 24.2. The summed E-state index contributed by atoms with van der Waals surface area (Å²) in [5.41, 5.74) is 1.91.